The Morgan fingerprint density at radius 1 is 0.479 bits per heavy atom. The lowest BCUT2D eigenvalue weighted by Gasteiger charge is -2.13. The van der Waals surface area contributed by atoms with Gasteiger partial charge in [-0.15, -0.1) is 10.2 Å². The first-order chi connectivity index (χ1) is 34.9. The van der Waals surface area contributed by atoms with Gasteiger partial charge in [0.25, 0.3) is 5.91 Å². The molecule has 0 saturated heterocycles. The number of nitrogens with one attached hydrogen (secondary N) is 5. The molecule has 71 heavy (non-hydrogen) atoms. The van der Waals surface area contributed by atoms with Crippen LogP contribution in [0.25, 0.3) is 65.2 Å². The fourth-order valence-electron chi connectivity index (χ4n) is 9.12. The molecular formula is C58H41N9O4. The highest BCUT2D eigenvalue weighted by atomic mass is 16.6. The second-order valence-corrected chi connectivity index (χ2v) is 17.1. The molecule has 0 atom stereocenters. The number of aromatic nitrogens is 2. The van der Waals surface area contributed by atoms with Crippen LogP contribution in [0.1, 0.15) is 15.9 Å². The summed E-state index contributed by atoms with van der Waals surface area (Å²) >= 11 is 0. The van der Waals surface area contributed by atoms with Crippen LogP contribution < -0.4 is 16.1 Å². The van der Waals surface area contributed by atoms with Crippen molar-refractivity contribution in [3.05, 3.63) is 205 Å². The summed E-state index contributed by atoms with van der Waals surface area (Å²) < 4.78 is 0. The Labute approximate surface area is 404 Å². The summed E-state index contributed by atoms with van der Waals surface area (Å²) in [5, 5.41) is 55.4. The van der Waals surface area contributed by atoms with Gasteiger partial charge in [0.05, 0.1) is 33.7 Å². The molecule has 1 amide bonds. The van der Waals surface area contributed by atoms with Crippen LogP contribution in [-0.4, -0.2) is 26.1 Å². The van der Waals surface area contributed by atoms with Crippen molar-refractivity contribution in [1.29, 1.82) is 0 Å². The number of H-pyrrole nitrogens is 2. The summed E-state index contributed by atoms with van der Waals surface area (Å²) in [4.78, 5) is 26.5. The number of para-hydroxylation sites is 4. The lowest BCUT2D eigenvalue weighted by atomic mass is 10.00. The number of nitrogens with zero attached hydrogens (tertiary/aromatic N) is 4. The van der Waals surface area contributed by atoms with Gasteiger partial charge in [-0.25, -0.2) is 0 Å². The second-order valence-electron chi connectivity index (χ2n) is 17.1. The Hall–Kier alpha value is -9.85. The number of fused-ring (bicyclic) bond motifs is 10. The highest BCUT2D eigenvalue weighted by Crippen LogP contribution is 2.46. The van der Waals surface area contributed by atoms with Crippen molar-refractivity contribution in [2.24, 2.45) is 20.5 Å². The normalized spacial score (nSPS) is 11.8. The van der Waals surface area contributed by atoms with Crippen molar-refractivity contribution < 1.29 is 19.8 Å². The van der Waals surface area contributed by atoms with E-state index in [1.807, 2.05) is 164 Å². The van der Waals surface area contributed by atoms with Crippen molar-refractivity contribution in [3.8, 4) is 11.5 Å². The Morgan fingerprint density at radius 3 is 1.54 bits per heavy atom. The van der Waals surface area contributed by atoms with Gasteiger partial charge in [0.15, 0.2) is 5.75 Å². The Morgan fingerprint density at radius 2 is 0.972 bits per heavy atom. The van der Waals surface area contributed by atoms with Crippen LogP contribution in [0.5, 0.6) is 11.5 Å². The number of hydrogen-bond donors (Lipinski definition) is 7. The molecule has 13 heteroatoms. The topological polar surface area (TPSA) is 184 Å². The van der Waals surface area contributed by atoms with Gasteiger partial charge in [-0.1, -0.05) is 97.1 Å². The van der Waals surface area contributed by atoms with E-state index in [1.165, 1.54) is 0 Å². The fourth-order valence-corrected chi connectivity index (χ4v) is 9.12. The van der Waals surface area contributed by atoms with E-state index in [4.69, 9.17) is 9.95 Å². The first-order valence-electron chi connectivity index (χ1n) is 22.9. The van der Waals surface area contributed by atoms with Gasteiger partial charge in [0.1, 0.15) is 23.7 Å². The molecule has 13 nitrogen and oxygen atoms in total. The van der Waals surface area contributed by atoms with Gasteiger partial charge in [-0.2, -0.15) is 10.2 Å². The van der Waals surface area contributed by atoms with E-state index >= 15 is 0 Å². The highest BCUT2D eigenvalue weighted by molar-refractivity contribution is 6.23. The number of benzene rings is 10. The number of carbonyl (C=O) groups is 1. The van der Waals surface area contributed by atoms with Crippen LogP contribution >= 0.6 is 0 Å². The quantitative estimate of drug-likeness (QED) is 0.0472. The minimum Gasteiger partial charge on any atom is -0.505 e. The third-order valence-corrected chi connectivity index (χ3v) is 12.6. The lowest BCUT2D eigenvalue weighted by molar-refractivity contribution is 0.102. The number of aromatic amines is 2. The fraction of sp³-hybridized carbons (Fsp3) is 0.0172. The highest BCUT2D eigenvalue weighted by Gasteiger charge is 2.22. The molecule has 0 aliphatic rings. The van der Waals surface area contributed by atoms with Gasteiger partial charge in [0, 0.05) is 66.0 Å². The van der Waals surface area contributed by atoms with Gasteiger partial charge in [0.2, 0.25) is 0 Å². The van der Waals surface area contributed by atoms with E-state index in [1.54, 1.807) is 18.2 Å². The molecule has 2 aromatic heterocycles. The molecule has 0 saturated carbocycles. The molecule has 2 heterocycles. The third kappa shape index (κ3) is 8.13. The second kappa shape index (κ2) is 18.0. The number of amides is 1. The van der Waals surface area contributed by atoms with Crippen LogP contribution in [0.15, 0.2) is 215 Å². The summed E-state index contributed by atoms with van der Waals surface area (Å²) in [5.41, 5.74) is 11.7. The van der Waals surface area contributed by atoms with E-state index in [2.05, 4.69) is 53.6 Å². The number of rotatable bonds is 12. The number of azo groups is 2. The van der Waals surface area contributed by atoms with Crippen LogP contribution in [0.2, 0.25) is 0 Å². The average Bonchev–Trinajstić information content (AvgIpc) is 3.98. The zero-order valence-electron chi connectivity index (χ0n) is 37.7. The first-order valence-corrected chi connectivity index (χ1v) is 22.9. The molecule has 0 aliphatic heterocycles. The molecular weight excluding hydrogens is 887 g/mol. The van der Waals surface area contributed by atoms with E-state index < -0.39 is 5.91 Å². The lowest BCUT2D eigenvalue weighted by Crippen LogP contribution is -2.12. The summed E-state index contributed by atoms with van der Waals surface area (Å²) in [7, 11) is 0. The van der Waals surface area contributed by atoms with Crippen molar-refractivity contribution in [2.45, 2.75) is 6.61 Å². The Kier molecular flexibility index (Phi) is 10.8. The smallest absolute Gasteiger partial charge is 0.259 e. The van der Waals surface area contributed by atoms with Crippen molar-refractivity contribution in [1.82, 2.24) is 9.97 Å². The minimum atomic E-state index is -0.473. The number of phenolic OH excluding ortho intramolecular Hbond substituents is 2. The predicted molar refractivity (Wildman–Crippen MR) is 284 cm³/mol. The SMILES string of the molecule is O=C(Nc1ccccc1)c1cc2ccc3c4ccccc4[nH]c3c2c(N=Nc2ccc(Nc3ccc(N=Nc4c(O)c(CONc5ccccc5)cc5ccc6c7ccccc7[nH]c6c45)cc3)cc2)c1O. The van der Waals surface area contributed by atoms with Crippen molar-refractivity contribution in [2.75, 3.05) is 16.1 Å². The number of hydrogen-bond acceptors (Lipinski definition) is 10. The molecule has 10 aromatic carbocycles. The minimum absolute atomic E-state index is 0.0278. The molecule has 0 aliphatic carbocycles. The van der Waals surface area contributed by atoms with E-state index in [-0.39, 0.29) is 29.4 Å². The van der Waals surface area contributed by atoms with Crippen molar-refractivity contribution >= 4 is 117 Å². The average molecular weight is 928 g/mol. The zero-order chi connectivity index (χ0) is 47.8. The van der Waals surface area contributed by atoms with E-state index in [9.17, 15) is 15.0 Å². The summed E-state index contributed by atoms with van der Waals surface area (Å²) in [6.07, 6.45) is 0. The molecule has 0 spiro atoms. The van der Waals surface area contributed by atoms with Gasteiger partial charge < -0.3 is 30.8 Å². The maximum Gasteiger partial charge on any atom is 0.259 e. The van der Waals surface area contributed by atoms with E-state index in [0.29, 0.717) is 39.1 Å². The maximum absolute atomic E-state index is 13.6. The van der Waals surface area contributed by atoms with Gasteiger partial charge in [-0.3, -0.25) is 15.1 Å². The van der Waals surface area contributed by atoms with Crippen molar-refractivity contribution in [3.63, 3.8) is 0 Å². The molecule has 0 fully saturated rings. The summed E-state index contributed by atoms with van der Waals surface area (Å²) in [6.45, 7) is 0.0768. The molecule has 0 unspecified atom stereocenters. The number of aromatic hydroxyl groups is 2. The summed E-state index contributed by atoms with van der Waals surface area (Å²) in [5.74, 6) is -0.784. The predicted octanol–water partition coefficient (Wildman–Crippen LogP) is 16.0. The zero-order valence-corrected chi connectivity index (χ0v) is 37.7. The van der Waals surface area contributed by atoms with Gasteiger partial charge in [-0.05, 0) is 108 Å². The largest absolute Gasteiger partial charge is 0.505 e. The maximum atomic E-state index is 13.6. The number of phenols is 2. The third-order valence-electron chi connectivity index (χ3n) is 12.6. The van der Waals surface area contributed by atoms with Crippen LogP contribution in [0, 0.1) is 0 Å². The molecule has 7 N–H and O–H groups in total. The Balaban J connectivity index is 0.809. The molecule has 12 rings (SSSR count). The Bertz CT molecular complexity index is 4060. The molecule has 0 radical (unpaired) electrons. The number of anilines is 4. The number of carbonyl (C=O) groups excluding carboxylic acids is 1. The molecule has 0 bridgehead atoms. The van der Waals surface area contributed by atoms with E-state index in [0.717, 1.165) is 71.4 Å². The molecule has 12 aromatic rings. The standard InChI is InChI=1S/C58H41N9O4/c68-56-36(33-71-67-42-13-5-2-6-14-42)31-34-19-29-45-43-15-7-9-17-48(43)61-52(45)50(34)54(56)65-63-40-25-21-38(22-26-40)59-39-23-27-41(28-24-39)64-66-55-51-35(20-30-46-44-16-8-10-18-49(44)62-53(46)51)32-47(57(55)69)58(70)60-37-11-3-1-4-12-37/h1-32,59,61-62,67-69H,33H2,(H,60,70). The van der Waals surface area contributed by atoms with Crippen LogP contribution in [-0.2, 0) is 11.4 Å². The van der Waals surface area contributed by atoms with Crippen LogP contribution in [0.4, 0.5) is 45.5 Å². The molecule has 342 valence electrons. The first kappa shape index (κ1) is 42.5. The van der Waals surface area contributed by atoms with Crippen LogP contribution in [0.3, 0.4) is 0 Å². The monoisotopic (exact) mass is 927 g/mol. The summed E-state index contributed by atoms with van der Waals surface area (Å²) in [6, 6.07) is 61.2. The van der Waals surface area contributed by atoms with Gasteiger partial charge >= 0.3 is 0 Å².